The summed E-state index contributed by atoms with van der Waals surface area (Å²) in [4.78, 5) is 12.1. The van der Waals surface area contributed by atoms with Crippen LogP contribution < -0.4 is 9.47 Å². The summed E-state index contributed by atoms with van der Waals surface area (Å²) >= 11 is 0. The standard InChI is InChI=1S/C22H25F3O3/c1-2-3-4-5-6-7-16-27-19-12-8-17(9-13-19)21(26)28-20-14-10-18(11-15-20)22(23,24)25/h8-15H,2-7,16H2,1H3. The number of halogens is 3. The van der Waals surface area contributed by atoms with E-state index in [2.05, 4.69) is 6.92 Å². The van der Waals surface area contributed by atoms with Crippen LogP contribution >= 0.6 is 0 Å². The molecule has 0 unspecified atom stereocenters. The third-order valence-electron chi connectivity index (χ3n) is 4.25. The minimum Gasteiger partial charge on any atom is -0.494 e. The molecule has 0 aromatic heterocycles. The zero-order chi connectivity index (χ0) is 20.4. The monoisotopic (exact) mass is 394 g/mol. The van der Waals surface area contributed by atoms with Gasteiger partial charge in [-0.1, -0.05) is 39.0 Å². The van der Waals surface area contributed by atoms with Crippen LogP contribution in [0.5, 0.6) is 11.5 Å². The fourth-order valence-electron chi connectivity index (χ4n) is 2.64. The molecule has 6 heteroatoms. The van der Waals surface area contributed by atoms with Gasteiger partial charge in [0.05, 0.1) is 17.7 Å². The summed E-state index contributed by atoms with van der Waals surface area (Å²) in [6, 6.07) is 10.5. The van der Waals surface area contributed by atoms with Crippen LogP contribution in [0.15, 0.2) is 48.5 Å². The lowest BCUT2D eigenvalue weighted by Crippen LogP contribution is -2.09. The van der Waals surface area contributed by atoms with Gasteiger partial charge < -0.3 is 9.47 Å². The minimum atomic E-state index is -4.42. The topological polar surface area (TPSA) is 35.5 Å². The Hall–Kier alpha value is -2.50. The van der Waals surface area contributed by atoms with Crippen LogP contribution in [0.2, 0.25) is 0 Å². The molecule has 0 spiro atoms. The number of benzene rings is 2. The number of unbranched alkanes of at least 4 members (excludes halogenated alkanes) is 5. The van der Waals surface area contributed by atoms with Gasteiger partial charge in [0, 0.05) is 0 Å². The predicted molar refractivity (Wildman–Crippen MR) is 102 cm³/mol. The molecule has 0 saturated heterocycles. The molecule has 2 aromatic rings. The Balaban J connectivity index is 1.78. The van der Waals surface area contributed by atoms with E-state index in [1.807, 2.05) is 0 Å². The van der Waals surface area contributed by atoms with Gasteiger partial charge in [-0.15, -0.1) is 0 Å². The van der Waals surface area contributed by atoms with E-state index in [4.69, 9.17) is 9.47 Å². The molecular weight excluding hydrogens is 369 g/mol. The maximum absolute atomic E-state index is 12.5. The number of ether oxygens (including phenoxy) is 2. The largest absolute Gasteiger partial charge is 0.494 e. The summed E-state index contributed by atoms with van der Waals surface area (Å²) in [5.74, 6) is 0.0864. The van der Waals surface area contributed by atoms with Crippen molar-refractivity contribution in [3.8, 4) is 11.5 Å². The molecule has 0 fully saturated rings. The summed E-state index contributed by atoms with van der Waals surface area (Å²) in [6.45, 7) is 2.81. The number of alkyl halides is 3. The van der Waals surface area contributed by atoms with E-state index < -0.39 is 17.7 Å². The Labute approximate surface area is 163 Å². The molecule has 0 aliphatic carbocycles. The quantitative estimate of drug-likeness (QED) is 0.257. The van der Waals surface area contributed by atoms with E-state index in [0.29, 0.717) is 17.9 Å². The zero-order valence-corrected chi connectivity index (χ0v) is 15.9. The lowest BCUT2D eigenvalue weighted by Gasteiger charge is -2.09. The van der Waals surface area contributed by atoms with Crippen LogP contribution in [0, 0.1) is 0 Å². The fraction of sp³-hybridized carbons (Fsp3) is 0.409. The highest BCUT2D eigenvalue weighted by Gasteiger charge is 2.30. The maximum Gasteiger partial charge on any atom is 0.416 e. The molecule has 0 aliphatic rings. The van der Waals surface area contributed by atoms with Crippen molar-refractivity contribution < 1.29 is 27.4 Å². The predicted octanol–water partition coefficient (Wildman–Crippen LogP) is 6.66. The molecular formula is C22H25F3O3. The number of esters is 1. The molecule has 3 nitrogen and oxygen atoms in total. The lowest BCUT2D eigenvalue weighted by molar-refractivity contribution is -0.137. The number of hydrogen-bond donors (Lipinski definition) is 0. The Morgan fingerprint density at radius 1 is 0.821 bits per heavy atom. The van der Waals surface area contributed by atoms with Gasteiger partial charge in [-0.25, -0.2) is 4.79 Å². The van der Waals surface area contributed by atoms with E-state index in [9.17, 15) is 18.0 Å². The highest BCUT2D eigenvalue weighted by Crippen LogP contribution is 2.30. The second kappa shape index (κ2) is 10.7. The molecule has 28 heavy (non-hydrogen) atoms. The third kappa shape index (κ3) is 7.25. The fourth-order valence-corrected chi connectivity index (χ4v) is 2.64. The molecule has 0 aliphatic heterocycles. The molecule has 0 atom stereocenters. The van der Waals surface area contributed by atoms with Crippen molar-refractivity contribution in [3.63, 3.8) is 0 Å². The Morgan fingerprint density at radius 2 is 1.39 bits per heavy atom. The molecule has 2 aromatic carbocycles. The first-order chi connectivity index (χ1) is 13.4. The molecule has 0 N–H and O–H groups in total. The van der Waals surface area contributed by atoms with E-state index in [0.717, 1.165) is 37.1 Å². The van der Waals surface area contributed by atoms with Crippen molar-refractivity contribution in [2.24, 2.45) is 0 Å². The SMILES string of the molecule is CCCCCCCCOc1ccc(C(=O)Oc2ccc(C(F)(F)F)cc2)cc1. The van der Waals surface area contributed by atoms with E-state index >= 15 is 0 Å². The highest BCUT2D eigenvalue weighted by molar-refractivity contribution is 5.91. The van der Waals surface area contributed by atoms with Crippen LogP contribution in [0.4, 0.5) is 13.2 Å². The summed E-state index contributed by atoms with van der Waals surface area (Å²) in [5.41, 5.74) is -0.494. The summed E-state index contributed by atoms with van der Waals surface area (Å²) < 4.78 is 48.4. The average molecular weight is 394 g/mol. The summed E-state index contributed by atoms with van der Waals surface area (Å²) in [5, 5.41) is 0. The number of rotatable bonds is 10. The van der Waals surface area contributed by atoms with Crippen molar-refractivity contribution in [3.05, 3.63) is 59.7 Å². The van der Waals surface area contributed by atoms with E-state index in [1.165, 1.54) is 25.7 Å². The number of hydrogen-bond acceptors (Lipinski definition) is 3. The first-order valence-electron chi connectivity index (χ1n) is 9.52. The molecule has 0 heterocycles. The lowest BCUT2D eigenvalue weighted by atomic mass is 10.1. The van der Waals surface area contributed by atoms with Gasteiger partial charge in [0.25, 0.3) is 0 Å². The van der Waals surface area contributed by atoms with Crippen molar-refractivity contribution in [2.75, 3.05) is 6.61 Å². The van der Waals surface area contributed by atoms with Crippen LogP contribution in [-0.2, 0) is 6.18 Å². The van der Waals surface area contributed by atoms with Gasteiger partial charge in [0.2, 0.25) is 0 Å². The van der Waals surface area contributed by atoms with Crippen LogP contribution in [0.25, 0.3) is 0 Å². The van der Waals surface area contributed by atoms with Crippen molar-refractivity contribution >= 4 is 5.97 Å². The molecule has 2 rings (SSSR count). The van der Waals surface area contributed by atoms with Crippen LogP contribution in [0.3, 0.4) is 0 Å². The highest BCUT2D eigenvalue weighted by atomic mass is 19.4. The average Bonchev–Trinajstić information content (AvgIpc) is 2.67. The van der Waals surface area contributed by atoms with Crippen molar-refractivity contribution in [2.45, 2.75) is 51.6 Å². The normalized spacial score (nSPS) is 11.3. The second-order valence-electron chi connectivity index (χ2n) is 6.55. The van der Waals surface area contributed by atoms with Gasteiger partial charge in [-0.05, 0) is 55.0 Å². The Morgan fingerprint density at radius 3 is 2.00 bits per heavy atom. The third-order valence-corrected chi connectivity index (χ3v) is 4.25. The Kier molecular flexibility index (Phi) is 8.36. The summed E-state index contributed by atoms with van der Waals surface area (Å²) in [6.07, 6.45) is 2.67. The molecule has 0 saturated carbocycles. The minimum absolute atomic E-state index is 0.0569. The van der Waals surface area contributed by atoms with Crippen molar-refractivity contribution in [1.29, 1.82) is 0 Å². The first kappa shape index (κ1) is 21.8. The first-order valence-corrected chi connectivity index (χ1v) is 9.52. The van der Waals surface area contributed by atoms with Gasteiger partial charge in [-0.3, -0.25) is 0 Å². The van der Waals surface area contributed by atoms with Crippen molar-refractivity contribution in [1.82, 2.24) is 0 Å². The van der Waals surface area contributed by atoms with E-state index in [-0.39, 0.29) is 5.75 Å². The van der Waals surface area contributed by atoms with Gasteiger partial charge in [0.1, 0.15) is 11.5 Å². The molecule has 0 radical (unpaired) electrons. The number of carbonyl (C=O) groups is 1. The maximum atomic E-state index is 12.5. The Bertz CT molecular complexity index is 722. The molecule has 0 bridgehead atoms. The van der Waals surface area contributed by atoms with Crippen LogP contribution in [-0.4, -0.2) is 12.6 Å². The molecule has 0 amide bonds. The van der Waals surface area contributed by atoms with Gasteiger partial charge in [-0.2, -0.15) is 13.2 Å². The molecule has 152 valence electrons. The van der Waals surface area contributed by atoms with Crippen LogP contribution in [0.1, 0.15) is 61.4 Å². The second-order valence-corrected chi connectivity index (χ2v) is 6.55. The number of carbonyl (C=O) groups excluding carboxylic acids is 1. The van der Waals surface area contributed by atoms with Gasteiger partial charge in [0.15, 0.2) is 0 Å². The van der Waals surface area contributed by atoms with Gasteiger partial charge >= 0.3 is 12.1 Å². The zero-order valence-electron chi connectivity index (χ0n) is 15.9. The van der Waals surface area contributed by atoms with E-state index in [1.54, 1.807) is 24.3 Å². The summed E-state index contributed by atoms with van der Waals surface area (Å²) in [7, 11) is 0. The smallest absolute Gasteiger partial charge is 0.416 e.